The Hall–Kier alpha value is -4.22. The highest BCUT2D eigenvalue weighted by Gasteiger charge is 2.19. The van der Waals surface area contributed by atoms with Gasteiger partial charge in [0.1, 0.15) is 12.1 Å². The van der Waals surface area contributed by atoms with Crippen LogP contribution in [0.4, 0.5) is 24.1 Å². The maximum atomic E-state index is 13.8. The van der Waals surface area contributed by atoms with Crippen molar-refractivity contribution in [3.05, 3.63) is 65.2 Å². The number of halogens is 2. The zero-order valence-electron chi connectivity index (χ0n) is 25.3. The summed E-state index contributed by atoms with van der Waals surface area (Å²) in [6, 6.07) is 11.2. The van der Waals surface area contributed by atoms with E-state index in [1.807, 2.05) is 19.1 Å². The fraction of sp³-hybridized carbons (Fsp3) is 0.484. The van der Waals surface area contributed by atoms with Gasteiger partial charge in [-0.2, -0.15) is 0 Å². The highest BCUT2D eigenvalue weighted by atomic mass is 19.2. The van der Waals surface area contributed by atoms with Crippen LogP contribution in [0.1, 0.15) is 64.5 Å². The molecule has 3 N–H and O–H groups in total. The van der Waals surface area contributed by atoms with E-state index in [1.165, 1.54) is 17.0 Å². The van der Waals surface area contributed by atoms with Crippen molar-refractivity contribution in [2.45, 2.75) is 71.9 Å². The summed E-state index contributed by atoms with van der Waals surface area (Å²) in [5.74, 6) is -2.76. The van der Waals surface area contributed by atoms with Crippen LogP contribution >= 0.6 is 0 Å². The third-order valence-corrected chi connectivity index (χ3v) is 6.14. The molecular formula is C31H42F2N4O6. The molecule has 10 nitrogen and oxygen atoms in total. The molecule has 0 aliphatic heterocycles. The molecule has 0 aromatic heterocycles. The molecule has 0 unspecified atom stereocenters. The third kappa shape index (κ3) is 14.0. The smallest absolute Gasteiger partial charge is 0.411 e. The van der Waals surface area contributed by atoms with Gasteiger partial charge in [-0.3, -0.25) is 14.9 Å². The van der Waals surface area contributed by atoms with Gasteiger partial charge < -0.3 is 25.0 Å². The van der Waals surface area contributed by atoms with Crippen molar-refractivity contribution in [2.24, 2.45) is 0 Å². The molecule has 12 heteroatoms. The highest BCUT2D eigenvalue weighted by molar-refractivity contribution is 5.84. The Kier molecular flexibility index (Phi) is 14.4. The number of carbonyl (C=O) groups is 4. The van der Waals surface area contributed by atoms with Crippen molar-refractivity contribution in [3.63, 3.8) is 0 Å². The standard InChI is InChI=1S/C31H42F2N4O6/c1-5-22-13-15-24(16-14-22)36-30(41)42-19-7-6-17-37(27(39)21-35-29(40)43-31(2,3)4)18-9-12-26(38)34-20-23-10-8-11-25(32)28(23)33/h8,10-11,13-16H,5-7,9,12,17-21H2,1-4H3,(H,34,38)(H,35,40)(H,36,41). The van der Waals surface area contributed by atoms with Gasteiger partial charge >= 0.3 is 12.2 Å². The first kappa shape index (κ1) is 35.0. The number of carbonyl (C=O) groups excluding carboxylic acids is 4. The van der Waals surface area contributed by atoms with Gasteiger partial charge in [0.15, 0.2) is 11.6 Å². The summed E-state index contributed by atoms with van der Waals surface area (Å²) in [7, 11) is 0. The van der Waals surface area contributed by atoms with Crippen LogP contribution in [0, 0.1) is 11.6 Å². The van der Waals surface area contributed by atoms with Gasteiger partial charge in [0, 0.05) is 37.3 Å². The molecule has 0 saturated heterocycles. The fourth-order valence-corrected chi connectivity index (χ4v) is 3.88. The van der Waals surface area contributed by atoms with Crippen molar-refractivity contribution < 1.29 is 37.4 Å². The number of hydrogen-bond donors (Lipinski definition) is 3. The Labute approximate surface area is 251 Å². The van der Waals surface area contributed by atoms with Gasteiger partial charge in [-0.05, 0) is 70.2 Å². The van der Waals surface area contributed by atoms with Gasteiger partial charge in [0.25, 0.3) is 0 Å². The Morgan fingerprint density at radius 2 is 1.58 bits per heavy atom. The van der Waals surface area contributed by atoms with E-state index < -0.39 is 29.4 Å². The highest BCUT2D eigenvalue weighted by Crippen LogP contribution is 2.12. The number of ether oxygens (including phenoxy) is 2. The molecule has 0 heterocycles. The summed E-state index contributed by atoms with van der Waals surface area (Å²) in [6.07, 6.45) is 0.907. The quantitative estimate of drug-likeness (QED) is 0.237. The number of aryl methyl sites for hydroxylation is 1. The fourth-order valence-electron chi connectivity index (χ4n) is 3.88. The minimum absolute atomic E-state index is 0.0312. The van der Waals surface area contributed by atoms with E-state index >= 15 is 0 Å². The lowest BCUT2D eigenvalue weighted by molar-refractivity contribution is -0.131. The molecular weight excluding hydrogens is 562 g/mol. The second kappa shape index (κ2) is 17.7. The normalized spacial score (nSPS) is 10.9. The largest absolute Gasteiger partial charge is 0.449 e. The van der Waals surface area contributed by atoms with E-state index in [9.17, 15) is 28.0 Å². The van der Waals surface area contributed by atoms with Crippen molar-refractivity contribution in [2.75, 3.05) is 31.6 Å². The number of anilines is 1. The van der Waals surface area contributed by atoms with Crippen LogP contribution < -0.4 is 16.0 Å². The number of benzene rings is 2. The molecule has 0 aliphatic rings. The van der Waals surface area contributed by atoms with Gasteiger partial charge in [-0.15, -0.1) is 0 Å². The van der Waals surface area contributed by atoms with Crippen LogP contribution in [0.2, 0.25) is 0 Å². The topological polar surface area (TPSA) is 126 Å². The van der Waals surface area contributed by atoms with E-state index in [2.05, 4.69) is 16.0 Å². The SMILES string of the molecule is CCc1ccc(NC(=O)OCCCCN(CCCC(=O)NCc2cccc(F)c2F)C(=O)CNC(=O)OC(C)(C)C)cc1. The van der Waals surface area contributed by atoms with E-state index in [0.717, 1.165) is 18.1 Å². The van der Waals surface area contributed by atoms with Crippen LogP contribution in [-0.2, 0) is 32.0 Å². The monoisotopic (exact) mass is 604 g/mol. The minimum atomic E-state index is -1.01. The molecule has 2 aromatic carbocycles. The van der Waals surface area contributed by atoms with Gasteiger partial charge in [-0.1, -0.05) is 31.2 Å². The van der Waals surface area contributed by atoms with Crippen LogP contribution in [0.5, 0.6) is 0 Å². The second-order valence-corrected chi connectivity index (χ2v) is 10.8. The molecule has 2 aromatic rings. The lowest BCUT2D eigenvalue weighted by Gasteiger charge is -2.24. The summed E-state index contributed by atoms with van der Waals surface area (Å²) >= 11 is 0. The van der Waals surface area contributed by atoms with Crippen molar-refractivity contribution in [3.8, 4) is 0 Å². The molecule has 0 bridgehead atoms. The maximum Gasteiger partial charge on any atom is 0.411 e. The van der Waals surface area contributed by atoms with E-state index in [-0.39, 0.29) is 50.0 Å². The first-order valence-electron chi connectivity index (χ1n) is 14.3. The van der Waals surface area contributed by atoms with E-state index in [1.54, 1.807) is 32.9 Å². The summed E-state index contributed by atoms with van der Waals surface area (Å²) in [4.78, 5) is 50.7. The van der Waals surface area contributed by atoms with Gasteiger partial charge in [-0.25, -0.2) is 18.4 Å². The summed E-state index contributed by atoms with van der Waals surface area (Å²) in [5, 5.41) is 7.65. The van der Waals surface area contributed by atoms with Crippen LogP contribution in [-0.4, -0.2) is 60.7 Å². The van der Waals surface area contributed by atoms with Gasteiger partial charge in [0.2, 0.25) is 11.8 Å². The van der Waals surface area contributed by atoms with Crippen molar-refractivity contribution >= 4 is 29.7 Å². The average molecular weight is 605 g/mol. The number of amides is 4. The predicted molar refractivity (Wildman–Crippen MR) is 158 cm³/mol. The predicted octanol–water partition coefficient (Wildman–Crippen LogP) is 5.31. The Morgan fingerprint density at radius 1 is 0.884 bits per heavy atom. The Bertz CT molecular complexity index is 1220. The number of unbranched alkanes of at least 4 members (excludes halogenated alkanes) is 1. The molecule has 236 valence electrons. The molecule has 0 radical (unpaired) electrons. The summed E-state index contributed by atoms with van der Waals surface area (Å²) < 4.78 is 37.6. The lowest BCUT2D eigenvalue weighted by atomic mass is 10.1. The van der Waals surface area contributed by atoms with Crippen LogP contribution in [0.3, 0.4) is 0 Å². The summed E-state index contributed by atoms with van der Waals surface area (Å²) in [6.45, 7) is 7.35. The summed E-state index contributed by atoms with van der Waals surface area (Å²) in [5.41, 5.74) is 1.09. The molecule has 2 rings (SSSR count). The van der Waals surface area contributed by atoms with Crippen LogP contribution in [0.15, 0.2) is 42.5 Å². The Balaban J connectivity index is 1.81. The van der Waals surface area contributed by atoms with E-state index in [0.29, 0.717) is 31.5 Å². The number of alkyl carbamates (subject to hydrolysis) is 1. The number of nitrogens with one attached hydrogen (secondary N) is 3. The van der Waals surface area contributed by atoms with E-state index in [4.69, 9.17) is 9.47 Å². The Morgan fingerprint density at radius 3 is 2.26 bits per heavy atom. The molecule has 0 saturated carbocycles. The molecule has 0 spiro atoms. The maximum absolute atomic E-state index is 13.8. The molecule has 43 heavy (non-hydrogen) atoms. The van der Waals surface area contributed by atoms with Gasteiger partial charge in [0.05, 0.1) is 6.61 Å². The molecule has 0 aliphatic carbocycles. The van der Waals surface area contributed by atoms with Crippen LogP contribution in [0.25, 0.3) is 0 Å². The molecule has 0 fully saturated rings. The molecule has 4 amide bonds. The average Bonchev–Trinajstić information content (AvgIpc) is 2.95. The second-order valence-electron chi connectivity index (χ2n) is 10.8. The third-order valence-electron chi connectivity index (χ3n) is 6.14. The lowest BCUT2D eigenvalue weighted by Crippen LogP contribution is -2.43. The number of nitrogens with zero attached hydrogens (tertiary/aromatic N) is 1. The zero-order chi connectivity index (χ0) is 31.8. The minimum Gasteiger partial charge on any atom is -0.449 e. The zero-order valence-corrected chi connectivity index (χ0v) is 25.3. The number of hydrogen-bond acceptors (Lipinski definition) is 6. The first-order chi connectivity index (χ1) is 20.4. The van der Waals surface area contributed by atoms with Crippen molar-refractivity contribution in [1.82, 2.24) is 15.5 Å². The molecule has 0 atom stereocenters. The van der Waals surface area contributed by atoms with Crippen molar-refractivity contribution in [1.29, 1.82) is 0 Å². The first-order valence-corrected chi connectivity index (χ1v) is 14.3. The number of rotatable bonds is 15.